The molecule has 24 heavy (non-hydrogen) atoms. The summed E-state index contributed by atoms with van der Waals surface area (Å²) >= 11 is 0. The molecule has 1 aromatic rings. The van der Waals surface area contributed by atoms with E-state index in [1.165, 1.54) is 37.9 Å². The van der Waals surface area contributed by atoms with Crippen LogP contribution in [0.5, 0.6) is 0 Å². The Kier molecular flexibility index (Phi) is 5.33. The van der Waals surface area contributed by atoms with Crippen LogP contribution in [0.3, 0.4) is 0 Å². The molecule has 2 fully saturated rings. The molecular formula is C18H25N3O3. The van der Waals surface area contributed by atoms with Crippen molar-refractivity contribution in [2.75, 3.05) is 26.2 Å². The zero-order chi connectivity index (χ0) is 16.9. The number of nitrogens with one attached hydrogen (secondary N) is 1. The SMILES string of the molecule is O=C(CCC1CCCC1)N1CCN(C(=O)c2ccc(=O)[nH]c2)CC1. The third kappa shape index (κ3) is 4.04. The Morgan fingerprint density at radius 2 is 1.71 bits per heavy atom. The number of piperazine rings is 1. The van der Waals surface area contributed by atoms with Crippen LogP contribution in [-0.2, 0) is 4.79 Å². The first-order valence-electron chi connectivity index (χ1n) is 8.89. The second-order valence-corrected chi connectivity index (χ2v) is 6.80. The summed E-state index contributed by atoms with van der Waals surface area (Å²) in [5, 5.41) is 0. The van der Waals surface area contributed by atoms with Crippen LogP contribution in [0.15, 0.2) is 23.1 Å². The van der Waals surface area contributed by atoms with E-state index in [1.54, 1.807) is 11.0 Å². The van der Waals surface area contributed by atoms with Gasteiger partial charge in [-0.3, -0.25) is 14.4 Å². The van der Waals surface area contributed by atoms with Crippen molar-refractivity contribution >= 4 is 11.8 Å². The van der Waals surface area contributed by atoms with Gasteiger partial charge in [0.05, 0.1) is 5.56 Å². The van der Waals surface area contributed by atoms with E-state index < -0.39 is 0 Å². The highest BCUT2D eigenvalue weighted by molar-refractivity contribution is 5.94. The van der Waals surface area contributed by atoms with Gasteiger partial charge >= 0.3 is 0 Å². The van der Waals surface area contributed by atoms with Crippen LogP contribution in [0.2, 0.25) is 0 Å². The van der Waals surface area contributed by atoms with Crippen molar-refractivity contribution in [1.29, 1.82) is 0 Å². The molecule has 1 saturated carbocycles. The molecule has 2 aliphatic rings. The van der Waals surface area contributed by atoms with Crippen LogP contribution in [-0.4, -0.2) is 52.8 Å². The maximum Gasteiger partial charge on any atom is 0.255 e. The van der Waals surface area contributed by atoms with Gasteiger partial charge < -0.3 is 14.8 Å². The number of nitrogens with zero attached hydrogens (tertiary/aromatic N) is 2. The van der Waals surface area contributed by atoms with Crippen molar-refractivity contribution in [3.8, 4) is 0 Å². The molecule has 1 aliphatic heterocycles. The standard InChI is InChI=1S/C18H25N3O3/c22-16-7-6-15(13-19-16)18(24)21-11-9-20(10-12-21)17(23)8-5-14-3-1-2-4-14/h6-7,13-14H,1-5,8-12H2,(H,19,22). The fraction of sp³-hybridized carbons (Fsp3) is 0.611. The number of hydrogen-bond donors (Lipinski definition) is 1. The van der Waals surface area contributed by atoms with E-state index in [-0.39, 0.29) is 17.4 Å². The van der Waals surface area contributed by atoms with Crippen LogP contribution in [0, 0.1) is 5.92 Å². The van der Waals surface area contributed by atoms with Gasteiger partial charge in [-0.15, -0.1) is 0 Å². The van der Waals surface area contributed by atoms with Crippen LogP contribution >= 0.6 is 0 Å². The molecule has 2 amide bonds. The van der Waals surface area contributed by atoms with E-state index in [4.69, 9.17) is 0 Å². The molecule has 1 aromatic heterocycles. The average molecular weight is 331 g/mol. The minimum absolute atomic E-state index is 0.0932. The molecule has 0 spiro atoms. The Labute approximate surface area is 141 Å². The van der Waals surface area contributed by atoms with E-state index in [9.17, 15) is 14.4 Å². The van der Waals surface area contributed by atoms with Crippen LogP contribution in [0.25, 0.3) is 0 Å². The van der Waals surface area contributed by atoms with Crippen molar-refractivity contribution in [2.45, 2.75) is 38.5 Å². The summed E-state index contributed by atoms with van der Waals surface area (Å²) in [6, 6.07) is 2.90. The minimum atomic E-state index is -0.218. The molecule has 0 aromatic carbocycles. The molecular weight excluding hydrogens is 306 g/mol. The van der Waals surface area contributed by atoms with Gasteiger partial charge in [0, 0.05) is 44.9 Å². The van der Waals surface area contributed by atoms with E-state index in [0.29, 0.717) is 38.2 Å². The lowest BCUT2D eigenvalue weighted by atomic mass is 10.0. The van der Waals surface area contributed by atoms with Crippen LogP contribution in [0.1, 0.15) is 48.9 Å². The van der Waals surface area contributed by atoms with Crippen molar-refractivity contribution in [1.82, 2.24) is 14.8 Å². The van der Waals surface area contributed by atoms with Gasteiger partial charge in [-0.25, -0.2) is 0 Å². The van der Waals surface area contributed by atoms with Crippen molar-refractivity contribution in [3.63, 3.8) is 0 Å². The lowest BCUT2D eigenvalue weighted by molar-refractivity contribution is -0.133. The highest BCUT2D eigenvalue weighted by Gasteiger charge is 2.25. The normalized spacial score (nSPS) is 18.8. The zero-order valence-electron chi connectivity index (χ0n) is 14.0. The molecule has 0 atom stereocenters. The largest absolute Gasteiger partial charge is 0.339 e. The predicted octanol–water partition coefficient (Wildman–Crippen LogP) is 1.63. The quantitative estimate of drug-likeness (QED) is 0.911. The summed E-state index contributed by atoms with van der Waals surface area (Å²) in [5.41, 5.74) is 0.264. The number of aromatic nitrogens is 1. The third-order valence-electron chi connectivity index (χ3n) is 5.19. The molecule has 1 N–H and O–H groups in total. The third-order valence-corrected chi connectivity index (χ3v) is 5.19. The number of H-pyrrole nitrogens is 1. The zero-order valence-corrected chi connectivity index (χ0v) is 14.0. The van der Waals surface area contributed by atoms with Crippen molar-refractivity contribution < 1.29 is 9.59 Å². The first-order valence-corrected chi connectivity index (χ1v) is 8.89. The van der Waals surface area contributed by atoms with Gasteiger partial charge in [0.15, 0.2) is 0 Å². The van der Waals surface area contributed by atoms with Gasteiger partial charge in [0.25, 0.3) is 5.91 Å². The highest BCUT2D eigenvalue weighted by Crippen LogP contribution is 2.28. The molecule has 1 aliphatic carbocycles. The van der Waals surface area contributed by atoms with Gasteiger partial charge in [-0.2, -0.15) is 0 Å². The number of amides is 2. The fourth-order valence-corrected chi connectivity index (χ4v) is 3.67. The molecule has 6 heteroatoms. The predicted molar refractivity (Wildman–Crippen MR) is 90.7 cm³/mol. The van der Waals surface area contributed by atoms with Gasteiger partial charge in [0.1, 0.15) is 0 Å². The molecule has 6 nitrogen and oxygen atoms in total. The molecule has 2 heterocycles. The Bertz CT molecular complexity index is 621. The first-order chi connectivity index (χ1) is 11.6. The van der Waals surface area contributed by atoms with Crippen molar-refractivity contribution in [3.05, 3.63) is 34.2 Å². The summed E-state index contributed by atoms with van der Waals surface area (Å²) in [5.74, 6) is 0.861. The number of carbonyl (C=O) groups is 2. The summed E-state index contributed by atoms with van der Waals surface area (Å²) < 4.78 is 0. The fourth-order valence-electron chi connectivity index (χ4n) is 3.67. The number of pyridine rings is 1. The Morgan fingerprint density at radius 1 is 1.04 bits per heavy atom. The number of rotatable bonds is 4. The summed E-state index contributed by atoms with van der Waals surface area (Å²) in [6.45, 7) is 2.29. The lowest BCUT2D eigenvalue weighted by Gasteiger charge is -2.35. The smallest absolute Gasteiger partial charge is 0.255 e. The number of aromatic amines is 1. The summed E-state index contributed by atoms with van der Waals surface area (Å²) in [7, 11) is 0. The minimum Gasteiger partial charge on any atom is -0.339 e. The molecule has 0 bridgehead atoms. The monoisotopic (exact) mass is 331 g/mol. The molecule has 3 rings (SSSR count). The Balaban J connectivity index is 1.46. The van der Waals surface area contributed by atoms with Gasteiger partial charge in [-0.05, 0) is 18.4 Å². The van der Waals surface area contributed by atoms with E-state index in [1.807, 2.05) is 4.90 Å². The van der Waals surface area contributed by atoms with Gasteiger partial charge in [-0.1, -0.05) is 25.7 Å². The highest BCUT2D eigenvalue weighted by atomic mass is 16.2. The molecule has 1 saturated heterocycles. The van der Waals surface area contributed by atoms with E-state index in [2.05, 4.69) is 4.98 Å². The average Bonchev–Trinajstić information content (AvgIpc) is 3.13. The number of hydrogen-bond acceptors (Lipinski definition) is 3. The van der Waals surface area contributed by atoms with Crippen LogP contribution < -0.4 is 5.56 Å². The Morgan fingerprint density at radius 3 is 2.33 bits per heavy atom. The van der Waals surface area contributed by atoms with Crippen LogP contribution in [0.4, 0.5) is 0 Å². The second kappa shape index (κ2) is 7.64. The maximum absolute atomic E-state index is 12.4. The second-order valence-electron chi connectivity index (χ2n) is 6.80. The number of carbonyl (C=O) groups excluding carboxylic acids is 2. The van der Waals surface area contributed by atoms with Gasteiger partial charge in [0.2, 0.25) is 11.5 Å². The first kappa shape index (κ1) is 16.7. The summed E-state index contributed by atoms with van der Waals surface area (Å²) in [6.07, 6.45) is 8.26. The molecule has 0 radical (unpaired) electrons. The lowest BCUT2D eigenvalue weighted by Crippen LogP contribution is -2.50. The molecule has 0 unspecified atom stereocenters. The molecule has 130 valence electrons. The summed E-state index contributed by atoms with van der Waals surface area (Å²) in [4.78, 5) is 41.9. The maximum atomic E-state index is 12.4. The topological polar surface area (TPSA) is 73.5 Å². The van der Waals surface area contributed by atoms with E-state index >= 15 is 0 Å². The van der Waals surface area contributed by atoms with Crippen molar-refractivity contribution in [2.24, 2.45) is 5.92 Å². The van der Waals surface area contributed by atoms with E-state index in [0.717, 1.165) is 12.3 Å². The Hall–Kier alpha value is -2.11.